The van der Waals surface area contributed by atoms with E-state index >= 15 is 0 Å². The van der Waals surface area contributed by atoms with Gasteiger partial charge in [0.1, 0.15) is 0 Å². The van der Waals surface area contributed by atoms with Crippen molar-refractivity contribution in [3.63, 3.8) is 0 Å². The fourth-order valence-corrected chi connectivity index (χ4v) is 5.05. The van der Waals surface area contributed by atoms with E-state index in [4.69, 9.17) is 0 Å². The zero-order valence-electron chi connectivity index (χ0n) is 22.3. The lowest BCUT2D eigenvalue weighted by atomic mass is 9.97. The first-order chi connectivity index (χ1) is 18.5. The van der Waals surface area contributed by atoms with Crippen LogP contribution in [-0.2, 0) is 9.59 Å². The normalized spacial score (nSPS) is 15.7. The summed E-state index contributed by atoms with van der Waals surface area (Å²) in [6.07, 6.45) is 8.94. The molecular weight excluding hydrogens is 544 g/mol. The summed E-state index contributed by atoms with van der Waals surface area (Å²) in [6, 6.07) is 16.7. The number of likely N-dealkylation sites (tertiary alicyclic amines) is 1. The van der Waals surface area contributed by atoms with Gasteiger partial charge in [-0.1, -0.05) is 81.5 Å². The summed E-state index contributed by atoms with van der Waals surface area (Å²) in [5, 5.41) is 7.29. The second-order valence-electron chi connectivity index (χ2n) is 9.76. The number of benzene rings is 2. The Labute approximate surface area is 234 Å². The van der Waals surface area contributed by atoms with Gasteiger partial charge >= 0.3 is 0 Å². The van der Waals surface area contributed by atoms with Gasteiger partial charge in [-0.05, 0) is 52.9 Å². The van der Waals surface area contributed by atoms with Crippen molar-refractivity contribution in [3.05, 3.63) is 70.2 Å². The molecule has 7 nitrogen and oxygen atoms in total. The summed E-state index contributed by atoms with van der Waals surface area (Å²) >= 11 is 3.41. The molecule has 2 aromatic carbocycles. The van der Waals surface area contributed by atoms with Crippen molar-refractivity contribution < 1.29 is 14.4 Å². The molecule has 1 aliphatic heterocycles. The number of halogens is 1. The maximum atomic E-state index is 13.0. The number of hydrogen-bond donors (Lipinski definition) is 2. The molecule has 0 radical (unpaired) electrons. The summed E-state index contributed by atoms with van der Waals surface area (Å²) in [4.78, 5) is 40.3. The van der Waals surface area contributed by atoms with Gasteiger partial charge in [0.05, 0.1) is 23.7 Å². The second kappa shape index (κ2) is 16.1. The molecule has 1 atom stereocenters. The Bertz CT molecular complexity index is 1090. The molecule has 2 N–H and O–H groups in total. The molecule has 1 unspecified atom stereocenters. The number of hydrazone groups is 1. The van der Waals surface area contributed by atoms with E-state index < -0.39 is 0 Å². The highest BCUT2D eigenvalue weighted by atomic mass is 79.9. The SMILES string of the molecule is CCCCCCCCC(=O)N1CCCC(C(=O)NN=C(CNC(=O)c2ccccc2Br)c2ccccc2)C1. The van der Waals surface area contributed by atoms with E-state index in [9.17, 15) is 14.4 Å². The highest BCUT2D eigenvalue weighted by molar-refractivity contribution is 9.10. The third kappa shape index (κ3) is 9.39. The quantitative estimate of drug-likeness (QED) is 0.180. The van der Waals surface area contributed by atoms with Crippen LogP contribution in [-0.4, -0.2) is 48.0 Å². The van der Waals surface area contributed by atoms with Gasteiger partial charge in [0, 0.05) is 24.0 Å². The van der Waals surface area contributed by atoms with Gasteiger partial charge in [0.25, 0.3) is 5.91 Å². The number of rotatable bonds is 13. The lowest BCUT2D eigenvalue weighted by Gasteiger charge is -2.31. The summed E-state index contributed by atoms with van der Waals surface area (Å²) < 4.78 is 0.705. The highest BCUT2D eigenvalue weighted by Crippen LogP contribution is 2.19. The first-order valence-corrected chi connectivity index (χ1v) is 14.5. The minimum Gasteiger partial charge on any atom is -0.346 e. The molecule has 8 heteroatoms. The Hall–Kier alpha value is -3.00. The molecule has 0 aromatic heterocycles. The first-order valence-electron chi connectivity index (χ1n) is 13.7. The van der Waals surface area contributed by atoms with Crippen LogP contribution >= 0.6 is 15.9 Å². The third-order valence-corrected chi connectivity index (χ3v) is 7.52. The van der Waals surface area contributed by atoms with Crippen molar-refractivity contribution in [2.45, 2.75) is 64.7 Å². The molecule has 2 aromatic rings. The van der Waals surface area contributed by atoms with Gasteiger partial charge in [-0.15, -0.1) is 0 Å². The van der Waals surface area contributed by atoms with E-state index in [-0.39, 0.29) is 30.2 Å². The topological polar surface area (TPSA) is 90.9 Å². The fourth-order valence-electron chi connectivity index (χ4n) is 4.59. The van der Waals surface area contributed by atoms with Gasteiger partial charge in [0.2, 0.25) is 11.8 Å². The van der Waals surface area contributed by atoms with Crippen LogP contribution in [0.5, 0.6) is 0 Å². The van der Waals surface area contributed by atoms with E-state index in [0.717, 1.165) is 31.2 Å². The van der Waals surface area contributed by atoms with Crippen molar-refractivity contribution in [1.82, 2.24) is 15.6 Å². The largest absolute Gasteiger partial charge is 0.346 e. The Morgan fingerprint density at radius 2 is 1.68 bits per heavy atom. The average Bonchev–Trinajstić information content (AvgIpc) is 2.95. The Balaban J connectivity index is 1.56. The van der Waals surface area contributed by atoms with Crippen molar-refractivity contribution in [2.75, 3.05) is 19.6 Å². The lowest BCUT2D eigenvalue weighted by molar-refractivity contribution is -0.135. The van der Waals surface area contributed by atoms with Gasteiger partial charge in [-0.3, -0.25) is 14.4 Å². The van der Waals surface area contributed by atoms with E-state index in [1.165, 1.54) is 25.7 Å². The lowest BCUT2D eigenvalue weighted by Crippen LogP contribution is -2.45. The van der Waals surface area contributed by atoms with Crippen LogP contribution in [0.4, 0.5) is 0 Å². The maximum absolute atomic E-state index is 13.0. The molecule has 1 aliphatic rings. The number of piperidine rings is 1. The number of carbonyl (C=O) groups is 3. The summed E-state index contributed by atoms with van der Waals surface area (Å²) in [5.74, 6) is -0.596. The minimum absolute atomic E-state index is 0.140. The smallest absolute Gasteiger partial charge is 0.252 e. The van der Waals surface area contributed by atoms with Crippen LogP contribution in [0.15, 0.2) is 64.2 Å². The molecule has 0 saturated carbocycles. The van der Waals surface area contributed by atoms with Crippen molar-refractivity contribution in [2.24, 2.45) is 11.0 Å². The van der Waals surface area contributed by atoms with Crippen molar-refractivity contribution in [1.29, 1.82) is 0 Å². The van der Waals surface area contributed by atoms with Gasteiger partial charge < -0.3 is 10.2 Å². The Morgan fingerprint density at radius 3 is 2.45 bits per heavy atom. The number of hydrogen-bond acceptors (Lipinski definition) is 4. The minimum atomic E-state index is -0.298. The zero-order valence-corrected chi connectivity index (χ0v) is 23.8. The van der Waals surface area contributed by atoms with Crippen LogP contribution in [0, 0.1) is 5.92 Å². The second-order valence-corrected chi connectivity index (χ2v) is 10.6. The molecule has 0 bridgehead atoms. The summed E-state index contributed by atoms with van der Waals surface area (Å²) in [6.45, 7) is 3.48. The first kappa shape index (κ1) is 29.6. The summed E-state index contributed by atoms with van der Waals surface area (Å²) in [5.41, 5.74) is 4.59. The number of nitrogens with one attached hydrogen (secondary N) is 2. The molecule has 1 fully saturated rings. The van der Waals surface area contributed by atoms with Gasteiger partial charge in [-0.25, -0.2) is 5.43 Å². The number of unbranched alkanes of at least 4 members (excludes halogenated alkanes) is 5. The fraction of sp³-hybridized carbons (Fsp3) is 0.467. The zero-order chi connectivity index (χ0) is 27.2. The maximum Gasteiger partial charge on any atom is 0.252 e. The molecular formula is C30H39BrN4O3. The van der Waals surface area contributed by atoms with Crippen molar-refractivity contribution >= 4 is 39.4 Å². The van der Waals surface area contributed by atoms with Crippen molar-refractivity contribution in [3.8, 4) is 0 Å². The van der Waals surface area contributed by atoms with Gasteiger partial charge in [0.15, 0.2) is 0 Å². The number of amides is 3. The standard InChI is InChI=1S/C30H39BrN4O3/c1-2-3-4-5-6-10-19-28(36)35-20-13-16-24(22-35)29(37)34-33-27(23-14-8-7-9-15-23)21-32-30(38)25-17-11-12-18-26(25)31/h7-9,11-12,14-15,17-18,24H,2-6,10,13,16,19-22H2,1H3,(H,32,38)(H,34,37). The van der Waals surface area contributed by atoms with E-state index in [1.54, 1.807) is 12.1 Å². The average molecular weight is 584 g/mol. The highest BCUT2D eigenvalue weighted by Gasteiger charge is 2.28. The Kier molecular flexibility index (Phi) is 12.5. The molecule has 0 aliphatic carbocycles. The van der Waals surface area contributed by atoms with Crippen LogP contribution in [0.3, 0.4) is 0 Å². The Morgan fingerprint density at radius 1 is 0.974 bits per heavy atom. The number of nitrogens with zero attached hydrogens (tertiary/aromatic N) is 2. The van der Waals surface area contributed by atoms with Gasteiger partial charge in [-0.2, -0.15) is 5.10 Å². The monoisotopic (exact) mass is 582 g/mol. The molecule has 0 spiro atoms. The number of carbonyl (C=O) groups excluding carboxylic acids is 3. The molecule has 1 heterocycles. The van der Waals surface area contributed by atoms with E-state index in [1.807, 2.05) is 47.4 Å². The third-order valence-electron chi connectivity index (χ3n) is 6.83. The van der Waals surface area contributed by atoms with Crippen LogP contribution in [0.25, 0.3) is 0 Å². The van der Waals surface area contributed by atoms with Crippen LogP contribution in [0.1, 0.15) is 80.6 Å². The van der Waals surface area contributed by atoms with E-state index in [2.05, 4.69) is 38.7 Å². The predicted octanol–water partition coefficient (Wildman–Crippen LogP) is 5.69. The molecule has 38 heavy (non-hydrogen) atoms. The molecule has 3 amide bonds. The van der Waals surface area contributed by atoms with E-state index in [0.29, 0.717) is 35.3 Å². The predicted molar refractivity (Wildman–Crippen MR) is 155 cm³/mol. The van der Waals surface area contributed by atoms with Crippen LogP contribution in [0.2, 0.25) is 0 Å². The molecule has 1 saturated heterocycles. The summed E-state index contributed by atoms with van der Waals surface area (Å²) in [7, 11) is 0. The molecule has 204 valence electrons. The van der Waals surface area contributed by atoms with Crippen LogP contribution < -0.4 is 10.7 Å². The molecule has 3 rings (SSSR count).